The highest BCUT2D eigenvalue weighted by atomic mass is 16.6. The average molecular weight is 342 g/mol. The van der Waals surface area contributed by atoms with Crippen LogP contribution in [0.2, 0.25) is 0 Å². The van der Waals surface area contributed by atoms with Gasteiger partial charge in [0.25, 0.3) is 11.6 Å². The Kier molecular flexibility index (Phi) is 5.49. The van der Waals surface area contributed by atoms with Crippen LogP contribution in [0.3, 0.4) is 0 Å². The molecule has 0 aliphatic heterocycles. The summed E-state index contributed by atoms with van der Waals surface area (Å²) in [4.78, 5) is 34.7. The summed E-state index contributed by atoms with van der Waals surface area (Å²) in [5.41, 5.74) is 1.98. The largest absolute Gasteiger partial charge is 0.449 e. The van der Waals surface area contributed by atoms with Crippen LogP contribution in [-0.2, 0) is 9.53 Å². The molecule has 130 valence electrons. The van der Waals surface area contributed by atoms with E-state index in [1.807, 2.05) is 19.9 Å². The zero-order valence-electron chi connectivity index (χ0n) is 14.1. The second-order valence-electron chi connectivity index (χ2n) is 5.69. The Bertz CT molecular complexity index is 812. The molecule has 1 atom stereocenters. The highest BCUT2D eigenvalue weighted by Gasteiger charge is 2.22. The third-order valence-electron chi connectivity index (χ3n) is 3.47. The molecule has 0 aromatic heterocycles. The number of ether oxygens (including phenoxy) is 1. The quantitative estimate of drug-likeness (QED) is 0.510. The van der Waals surface area contributed by atoms with Crippen LogP contribution >= 0.6 is 0 Å². The zero-order valence-corrected chi connectivity index (χ0v) is 14.1. The van der Waals surface area contributed by atoms with Gasteiger partial charge >= 0.3 is 5.97 Å². The van der Waals surface area contributed by atoms with E-state index in [0.717, 1.165) is 11.1 Å². The molecule has 0 fully saturated rings. The highest BCUT2D eigenvalue weighted by Crippen LogP contribution is 2.23. The first kappa shape index (κ1) is 18.1. The number of benzene rings is 2. The van der Waals surface area contributed by atoms with E-state index in [0.29, 0.717) is 5.56 Å². The standard InChI is InChI=1S/C18H18N2O5/c1-11-8-12(2)10-14(9-11)18(22)25-13(3)17(21)19-15-6-4-5-7-16(15)20(23)24/h4-10,13H,1-3H3,(H,19,21)/t13-/m1/s1. The van der Waals surface area contributed by atoms with Crippen molar-refractivity contribution in [2.75, 3.05) is 5.32 Å². The second kappa shape index (κ2) is 7.57. The van der Waals surface area contributed by atoms with Crippen LogP contribution < -0.4 is 5.32 Å². The number of hydrogen-bond acceptors (Lipinski definition) is 5. The summed E-state index contributed by atoms with van der Waals surface area (Å²) in [6.07, 6.45) is -1.10. The minimum Gasteiger partial charge on any atom is -0.449 e. The number of para-hydroxylation sites is 2. The third kappa shape index (κ3) is 4.63. The molecule has 0 saturated carbocycles. The number of carbonyl (C=O) groups is 2. The molecule has 0 radical (unpaired) electrons. The Morgan fingerprint density at radius 3 is 2.32 bits per heavy atom. The zero-order chi connectivity index (χ0) is 18.6. The maximum atomic E-state index is 12.2. The van der Waals surface area contributed by atoms with E-state index in [1.54, 1.807) is 18.2 Å². The van der Waals surface area contributed by atoms with Crippen molar-refractivity contribution in [3.8, 4) is 0 Å². The number of nitro groups is 1. The van der Waals surface area contributed by atoms with Crippen molar-refractivity contribution in [2.45, 2.75) is 26.9 Å². The first-order valence-electron chi connectivity index (χ1n) is 7.61. The van der Waals surface area contributed by atoms with Gasteiger partial charge in [-0.15, -0.1) is 0 Å². The number of nitro benzene ring substituents is 1. The lowest BCUT2D eigenvalue weighted by molar-refractivity contribution is -0.383. The predicted molar refractivity (Wildman–Crippen MR) is 92.5 cm³/mol. The summed E-state index contributed by atoms with van der Waals surface area (Å²) in [6.45, 7) is 5.12. The highest BCUT2D eigenvalue weighted by molar-refractivity contribution is 5.98. The number of amides is 1. The first-order valence-corrected chi connectivity index (χ1v) is 7.61. The summed E-state index contributed by atoms with van der Waals surface area (Å²) in [7, 11) is 0. The SMILES string of the molecule is Cc1cc(C)cc(C(=O)O[C@H](C)C(=O)Nc2ccccc2[N+](=O)[O-])c1. The van der Waals surface area contributed by atoms with E-state index < -0.39 is 22.9 Å². The van der Waals surface area contributed by atoms with Gasteiger partial charge < -0.3 is 10.1 Å². The summed E-state index contributed by atoms with van der Waals surface area (Å²) in [5, 5.41) is 13.4. The van der Waals surface area contributed by atoms with Crippen LogP contribution in [0.1, 0.15) is 28.4 Å². The van der Waals surface area contributed by atoms with Crippen molar-refractivity contribution in [1.29, 1.82) is 0 Å². The minimum absolute atomic E-state index is 0.0480. The van der Waals surface area contributed by atoms with Gasteiger partial charge in [0.15, 0.2) is 6.10 Å². The van der Waals surface area contributed by atoms with Crippen LogP contribution in [0, 0.1) is 24.0 Å². The third-order valence-corrected chi connectivity index (χ3v) is 3.47. The van der Waals surface area contributed by atoms with Gasteiger partial charge in [-0.05, 0) is 39.0 Å². The van der Waals surface area contributed by atoms with Crippen LogP contribution in [0.25, 0.3) is 0 Å². The molecule has 0 saturated heterocycles. The van der Waals surface area contributed by atoms with Crippen molar-refractivity contribution in [3.05, 3.63) is 69.3 Å². The fourth-order valence-corrected chi connectivity index (χ4v) is 2.35. The lowest BCUT2D eigenvalue weighted by Gasteiger charge is -2.14. The van der Waals surface area contributed by atoms with E-state index in [4.69, 9.17) is 4.74 Å². The van der Waals surface area contributed by atoms with Crippen molar-refractivity contribution >= 4 is 23.3 Å². The number of rotatable bonds is 5. The van der Waals surface area contributed by atoms with E-state index in [-0.39, 0.29) is 11.4 Å². The second-order valence-corrected chi connectivity index (χ2v) is 5.69. The van der Waals surface area contributed by atoms with Gasteiger partial charge in [-0.3, -0.25) is 14.9 Å². The van der Waals surface area contributed by atoms with Crippen LogP contribution in [0.4, 0.5) is 11.4 Å². The summed E-state index contributed by atoms with van der Waals surface area (Å²) >= 11 is 0. The van der Waals surface area contributed by atoms with Crippen LogP contribution in [0.5, 0.6) is 0 Å². The van der Waals surface area contributed by atoms with Gasteiger partial charge in [0.05, 0.1) is 10.5 Å². The van der Waals surface area contributed by atoms with E-state index >= 15 is 0 Å². The van der Waals surface area contributed by atoms with Gasteiger partial charge in [0.1, 0.15) is 5.69 Å². The average Bonchev–Trinajstić information content (AvgIpc) is 2.54. The van der Waals surface area contributed by atoms with E-state index in [9.17, 15) is 19.7 Å². The van der Waals surface area contributed by atoms with Crippen molar-refractivity contribution in [3.63, 3.8) is 0 Å². The maximum Gasteiger partial charge on any atom is 0.338 e. The van der Waals surface area contributed by atoms with Crippen LogP contribution in [-0.4, -0.2) is 22.9 Å². The molecule has 0 bridgehead atoms. The molecule has 0 aliphatic carbocycles. The molecule has 0 unspecified atom stereocenters. The van der Waals surface area contributed by atoms with Gasteiger partial charge in [-0.1, -0.05) is 29.3 Å². The van der Waals surface area contributed by atoms with Gasteiger partial charge in [0.2, 0.25) is 0 Å². The number of anilines is 1. The molecule has 25 heavy (non-hydrogen) atoms. The van der Waals surface area contributed by atoms with E-state index in [2.05, 4.69) is 5.32 Å². The molecule has 0 heterocycles. The Labute approximate surface area is 144 Å². The fraction of sp³-hybridized carbons (Fsp3) is 0.222. The summed E-state index contributed by atoms with van der Waals surface area (Å²) in [6, 6.07) is 11.0. The number of esters is 1. The van der Waals surface area contributed by atoms with Crippen molar-refractivity contribution in [1.82, 2.24) is 0 Å². The summed E-state index contributed by atoms with van der Waals surface area (Å²) in [5.74, 6) is -1.27. The topological polar surface area (TPSA) is 98.5 Å². The van der Waals surface area contributed by atoms with Crippen LogP contribution in [0.15, 0.2) is 42.5 Å². The molecular weight excluding hydrogens is 324 g/mol. The lowest BCUT2D eigenvalue weighted by Crippen LogP contribution is -2.30. The molecule has 0 aliphatic rings. The van der Waals surface area contributed by atoms with Gasteiger partial charge in [-0.2, -0.15) is 0 Å². The molecular formula is C18H18N2O5. The molecule has 1 N–H and O–H groups in total. The monoisotopic (exact) mass is 342 g/mol. The Morgan fingerprint density at radius 2 is 1.72 bits per heavy atom. The van der Waals surface area contributed by atoms with Crippen molar-refractivity contribution < 1.29 is 19.2 Å². The van der Waals surface area contributed by atoms with E-state index in [1.165, 1.54) is 25.1 Å². The van der Waals surface area contributed by atoms with Crippen molar-refractivity contribution in [2.24, 2.45) is 0 Å². The molecule has 7 nitrogen and oxygen atoms in total. The maximum absolute atomic E-state index is 12.2. The number of aryl methyl sites for hydroxylation is 2. The normalized spacial score (nSPS) is 11.5. The van der Waals surface area contributed by atoms with Gasteiger partial charge in [-0.25, -0.2) is 4.79 Å². The smallest absolute Gasteiger partial charge is 0.338 e. The van der Waals surface area contributed by atoms with Gasteiger partial charge in [0, 0.05) is 6.07 Å². The fourth-order valence-electron chi connectivity index (χ4n) is 2.35. The lowest BCUT2D eigenvalue weighted by atomic mass is 10.1. The molecule has 2 aromatic rings. The first-order chi connectivity index (χ1) is 11.8. The Hall–Kier alpha value is -3.22. The molecule has 1 amide bonds. The Balaban J connectivity index is 2.08. The number of nitrogens with one attached hydrogen (secondary N) is 1. The predicted octanol–water partition coefficient (Wildman–Crippen LogP) is 3.40. The minimum atomic E-state index is -1.10. The molecule has 2 rings (SSSR count). The molecule has 0 spiro atoms. The molecule has 7 heteroatoms. The number of nitrogens with zero attached hydrogens (tertiary/aromatic N) is 1. The molecule has 2 aromatic carbocycles. The summed E-state index contributed by atoms with van der Waals surface area (Å²) < 4.78 is 5.16. The number of carbonyl (C=O) groups excluding carboxylic acids is 2. The number of hydrogen-bond donors (Lipinski definition) is 1. The Morgan fingerprint density at radius 1 is 1.12 bits per heavy atom.